The van der Waals surface area contributed by atoms with Gasteiger partial charge >= 0.3 is 5.69 Å². The first-order chi connectivity index (χ1) is 10.8. The second kappa shape index (κ2) is 7.04. The molecule has 0 atom stereocenters. The van der Waals surface area contributed by atoms with E-state index in [2.05, 4.69) is 48.7 Å². The van der Waals surface area contributed by atoms with Crippen molar-refractivity contribution in [3.63, 3.8) is 0 Å². The van der Waals surface area contributed by atoms with Crippen molar-refractivity contribution in [2.75, 3.05) is 10.7 Å². The largest absolute Gasteiger partial charge is 0.354 e. The van der Waals surface area contributed by atoms with Gasteiger partial charge in [0, 0.05) is 14.8 Å². The molecule has 8 nitrogen and oxygen atoms in total. The Bertz CT molecular complexity index is 699. The highest BCUT2D eigenvalue weighted by Gasteiger charge is 2.24. The summed E-state index contributed by atoms with van der Waals surface area (Å²) in [6, 6.07) is 7.45. The summed E-state index contributed by atoms with van der Waals surface area (Å²) in [7, 11) is 0. The van der Waals surface area contributed by atoms with Gasteiger partial charge in [-0.05, 0) is 67.6 Å². The molecule has 0 radical (unpaired) electrons. The molecule has 1 heterocycles. The van der Waals surface area contributed by atoms with Gasteiger partial charge in [0.15, 0.2) is 0 Å². The van der Waals surface area contributed by atoms with Crippen molar-refractivity contribution in [2.24, 2.45) is 0 Å². The Morgan fingerprint density at radius 2 is 1.74 bits per heavy atom. The lowest BCUT2D eigenvalue weighted by Crippen LogP contribution is -2.40. The van der Waals surface area contributed by atoms with Gasteiger partial charge in [0.1, 0.15) is 6.33 Å². The third kappa shape index (κ3) is 4.99. The van der Waals surface area contributed by atoms with E-state index in [9.17, 15) is 10.1 Å². The average Bonchev–Trinajstić information content (AvgIpc) is 2.46. The molecule has 2 rings (SSSR count). The van der Waals surface area contributed by atoms with E-state index in [0.29, 0.717) is 5.69 Å². The zero-order chi connectivity index (χ0) is 17.0. The molecule has 0 fully saturated rings. The highest BCUT2D eigenvalue weighted by Crippen LogP contribution is 2.31. The Labute approximate surface area is 147 Å². The number of anilines is 3. The molecule has 0 unspecified atom stereocenters. The lowest BCUT2D eigenvalue weighted by molar-refractivity contribution is -0.383. The number of hydrogen-bond acceptors (Lipinski definition) is 7. The molecular weight excluding hydrogens is 411 g/mol. The predicted molar refractivity (Wildman–Crippen MR) is 97.6 cm³/mol. The molecule has 1 aromatic heterocycles. The van der Waals surface area contributed by atoms with Crippen LogP contribution in [0.3, 0.4) is 0 Å². The third-order valence-electron chi connectivity index (χ3n) is 2.67. The fourth-order valence-corrected chi connectivity index (χ4v) is 2.01. The number of nitrogens with one attached hydrogen (secondary N) is 3. The molecule has 0 bridgehead atoms. The van der Waals surface area contributed by atoms with Crippen molar-refractivity contribution >= 4 is 45.6 Å². The lowest BCUT2D eigenvalue weighted by Gasteiger charge is -2.21. The van der Waals surface area contributed by atoms with Gasteiger partial charge in [-0.15, -0.1) is 0 Å². The number of hydrazine groups is 1. The van der Waals surface area contributed by atoms with E-state index in [0.717, 1.165) is 3.57 Å². The van der Waals surface area contributed by atoms with E-state index < -0.39 is 4.92 Å². The summed E-state index contributed by atoms with van der Waals surface area (Å²) in [5.41, 5.74) is 5.96. The molecule has 0 amide bonds. The lowest BCUT2D eigenvalue weighted by atomic mass is 10.1. The number of nitro groups is 1. The fourth-order valence-electron chi connectivity index (χ4n) is 1.65. The number of aromatic nitrogens is 2. The first kappa shape index (κ1) is 17.3. The van der Waals surface area contributed by atoms with Crippen LogP contribution >= 0.6 is 22.6 Å². The van der Waals surface area contributed by atoms with E-state index >= 15 is 0 Å². The molecular formula is C14H17IN6O2. The summed E-state index contributed by atoms with van der Waals surface area (Å²) in [5, 5.41) is 14.4. The van der Waals surface area contributed by atoms with E-state index in [4.69, 9.17) is 0 Å². The zero-order valence-electron chi connectivity index (χ0n) is 12.9. The number of hydrogen-bond donors (Lipinski definition) is 3. The maximum absolute atomic E-state index is 11.4. The molecule has 0 aliphatic rings. The Morgan fingerprint density at radius 3 is 2.30 bits per heavy atom. The van der Waals surface area contributed by atoms with Gasteiger partial charge < -0.3 is 5.32 Å². The van der Waals surface area contributed by atoms with Crippen molar-refractivity contribution in [1.29, 1.82) is 0 Å². The highest BCUT2D eigenvalue weighted by molar-refractivity contribution is 14.1. The quantitative estimate of drug-likeness (QED) is 0.381. The molecule has 2 aromatic rings. The molecule has 9 heteroatoms. The van der Waals surface area contributed by atoms with Crippen molar-refractivity contribution in [3.8, 4) is 0 Å². The first-order valence-corrected chi connectivity index (χ1v) is 7.89. The topological polar surface area (TPSA) is 105 Å². The Kier molecular flexibility index (Phi) is 5.31. The fraction of sp³-hybridized carbons (Fsp3) is 0.286. The van der Waals surface area contributed by atoms with Crippen molar-refractivity contribution < 1.29 is 4.92 Å². The van der Waals surface area contributed by atoms with Crippen LogP contribution in [0.1, 0.15) is 20.8 Å². The van der Waals surface area contributed by atoms with Gasteiger partial charge in [0.25, 0.3) is 0 Å². The van der Waals surface area contributed by atoms with Crippen LogP contribution in [0.5, 0.6) is 0 Å². The van der Waals surface area contributed by atoms with E-state index in [1.165, 1.54) is 6.33 Å². The van der Waals surface area contributed by atoms with Gasteiger partial charge in [-0.2, -0.15) is 0 Å². The van der Waals surface area contributed by atoms with Gasteiger partial charge in [-0.1, -0.05) is 0 Å². The summed E-state index contributed by atoms with van der Waals surface area (Å²) in [6.07, 6.45) is 1.27. The average molecular weight is 428 g/mol. The molecule has 3 N–H and O–H groups in total. The van der Waals surface area contributed by atoms with Crippen molar-refractivity contribution in [3.05, 3.63) is 44.3 Å². The highest BCUT2D eigenvalue weighted by atomic mass is 127. The van der Waals surface area contributed by atoms with E-state index in [1.54, 1.807) is 0 Å². The van der Waals surface area contributed by atoms with Crippen LogP contribution in [0.4, 0.5) is 23.0 Å². The Balaban J connectivity index is 2.32. The molecule has 0 spiro atoms. The summed E-state index contributed by atoms with van der Waals surface area (Å²) in [5.74, 6) is 0.234. The minimum absolute atomic E-state index is 0.105. The van der Waals surface area contributed by atoms with E-state index in [1.807, 2.05) is 45.0 Å². The smallest absolute Gasteiger partial charge is 0.334 e. The summed E-state index contributed by atoms with van der Waals surface area (Å²) >= 11 is 2.19. The van der Waals surface area contributed by atoms with Gasteiger partial charge in [0.2, 0.25) is 11.6 Å². The number of halogens is 1. The van der Waals surface area contributed by atoms with Gasteiger partial charge in [-0.3, -0.25) is 15.5 Å². The minimum Gasteiger partial charge on any atom is -0.334 e. The van der Waals surface area contributed by atoms with Crippen LogP contribution in [0.25, 0.3) is 0 Å². The summed E-state index contributed by atoms with van der Waals surface area (Å²) < 4.78 is 1.07. The Morgan fingerprint density at radius 1 is 1.13 bits per heavy atom. The molecule has 1 aromatic carbocycles. The molecule has 0 aliphatic carbocycles. The van der Waals surface area contributed by atoms with Crippen LogP contribution in [-0.4, -0.2) is 20.4 Å². The van der Waals surface area contributed by atoms with Gasteiger partial charge in [-0.25, -0.2) is 15.4 Å². The molecule has 122 valence electrons. The van der Waals surface area contributed by atoms with Crippen LogP contribution < -0.4 is 16.2 Å². The predicted octanol–water partition coefficient (Wildman–Crippen LogP) is 3.45. The number of rotatable bonds is 5. The van der Waals surface area contributed by atoms with Crippen LogP contribution in [0.15, 0.2) is 30.6 Å². The second-order valence-corrected chi connectivity index (χ2v) is 7.05. The molecule has 0 saturated heterocycles. The standard InChI is InChI=1S/C14H17IN6O2/c1-14(2,3)20-19-13-11(21(22)23)12(16-8-17-13)18-10-6-4-9(15)5-7-10/h4-8,20H,1-3H3,(H2,16,17,18,19). The molecule has 0 saturated carbocycles. The van der Waals surface area contributed by atoms with Gasteiger partial charge in [0.05, 0.1) is 4.92 Å². The maximum atomic E-state index is 11.4. The monoisotopic (exact) mass is 428 g/mol. The molecule has 0 aliphatic heterocycles. The number of nitrogens with zero attached hydrogens (tertiary/aromatic N) is 3. The van der Waals surface area contributed by atoms with Crippen molar-refractivity contribution in [1.82, 2.24) is 15.4 Å². The maximum Gasteiger partial charge on any atom is 0.354 e. The third-order valence-corrected chi connectivity index (χ3v) is 3.39. The van der Waals surface area contributed by atoms with Crippen molar-refractivity contribution in [2.45, 2.75) is 26.3 Å². The Hall–Kier alpha value is -2.01. The number of benzene rings is 1. The van der Waals surface area contributed by atoms with Crippen LogP contribution in [-0.2, 0) is 0 Å². The minimum atomic E-state index is -0.512. The molecule has 23 heavy (non-hydrogen) atoms. The SMILES string of the molecule is CC(C)(C)NNc1ncnc(Nc2ccc(I)cc2)c1[N+](=O)[O-]. The second-order valence-electron chi connectivity index (χ2n) is 5.81. The van der Waals surface area contributed by atoms with E-state index in [-0.39, 0.29) is 22.9 Å². The summed E-state index contributed by atoms with van der Waals surface area (Å²) in [4.78, 5) is 18.9. The van der Waals surface area contributed by atoms with Crippen LogP contribution in [0.2, 0.25) is 0 Å². The normalized spacial score (nSPS) is 11.1. The summed E-state index contributed by atoms with van der Waals surface area (Å²) in [6.45, 7) is 5.79. The zero-order valence-corrected chi connectivity index (χ0v) is 15.1. The first-order valence-electron chi connectivity index (χ1n) is 6.81. The van der Waals surface area contributed by atoms with Crippen LogP contribution in [0, 0.1) is 13.7 Å².